The molecule has 0 bridgehead atoms. The lowest BCUT2D eigenvalue weighted by molar-refractivity contribution is -0.142. The van der Waals surface area contributed by atoms with E-state index in [2.05, 4.69) is 26.1 Å². The summed E-state index contributed by atoms with van der Waals surface area (Å²) < 4.78 is 5.98. The molecule has 3 unspecified atom stereocenters. The van der Waals surface area contributed by atoms with Crippen molar-refractivity contribution in [3.63, 3.8) is 0 Å². The summed E-state index contributed by atoms with van der Waals surface area (Å²) in [6, 6.07) is 0.0999. The standard InChI is InChI=1S/C19H33NO4/c1-12(2)16-9-4-13(3)10-17(16)24-11-18(21)20-15-7-5-14(6-8-15)19(22)23/h12-17H,4-11H2,1-3H3,(H,20,21)(H,22,23). The van der Waals surface area contributed by atoms with Gasteiger partial charge in [-0.2, -0.15) is 0 Å². The van der Waals surface area contributed by atoms with Gasteiger partial charge in [-0.25, -0.2) is 0 Å². The van der Waals surface area contributed by atoms with Crippen LogP contribution in [-0.2, 0) is 14.3 Å². The minimum absolute atomic E-state index is 0.0606. The first-order chi connectivity index (χ1) is 11.4. The number of nitrogens with one attached hydrogen (secondary N) is 1. The minimum Gasteiger partial charge on any atom is -0.481 e. The molecular weight excluding hydrogens is 306 g/mol. The molecule has 2 fully saturated rings. The molecule has 0 aliphatic heterocycles. The van der Waals surface area contributed by atoms with Crippen LogP contribution < -0.4 is 5.32 Å². The maximum atomic E-state index is 12.2. The molecule has 138 valence electrons. The molecule has 0 aromatic carbocycles. The number of amides is 1. The van der Waals surface area contributed by atoms with E-state index in [0.29, 0.717) is 30.6 Å². The first kappa shape index (κ1) is 19.2. The molecule has 2 N–H and O–H groups in total. The van der Waals surface area contributed by atoms with Crippen molar-refractivity contribution in [3.8, 4) is 0 Å². The molecule has 0 heterocycles. The van der Waals surface area contributed by atoms with E-state index in [4.69, 9.17) is 9.84 Å². The van der Waals surface area contributed by atoms with Gasteiger partial charge in [0.25, 0.3) is 0 Å². The van der Waals surface area contributed by atoms with Crippen LogP contribution >= 0.6 is 0 Å². The lowest BCUT2D eigenvalue weighted by atomic mass is 9.75. The molecule has 1 amide bonds. The number of carbonyl (C=O) groups is 2. The van der Waals surface area contributed by atoms with Gasteiger partial charge in [-0.1, -0.05) is 27.2 Å². The zero-order valence-corrected chi connectivity index (χ0v) is 15.3. The zero-order valence-electron chi connectivity index (χ0n) is 15.3. The molecular formula is C19H33NO4. The van der Waals surface area contributed by atoms with E-state index in [-0.39, 0.29) is 30.6 Å². The molecule has 0 spiro atoms. The second-order valence-corrected chi connectivity index (χ2v) is 8.13. The molecule has 2 saturated carbocycles. The van der Waals surface area contributed by atoms with Crippen molar-refractivity contribution < 1.29 is 19.4 Å². The van der Waals surface area contributed by atoms with Crippen LogP contribution in [0.4, 0.5) is 0 Å². The largest absolute Gasteiger partial charge is 0.481 e. The third-order valence-electron chi connectivity index (χ3n) is 5.83. The van der Waals surface area contributed by atoms with E-state index in [1.54, 1.807) is 0 Å². The van der Waals surface area contributed by atoms with E-state index >= 15 is 0 Å². The van der Waals surface area contributed by atoms with Crippen LogP contribution in [0, 0.1) is 23.7 Å². The lowest BCUT2D eigenvalue weighted by Crippen LogP contribution is -2.42. The highest BCUT2D eigenvalue weighted by molar-refractivity contribution is 5.77. The molecule has 3 atom stereocenters. The summed E-state index contributed by atoms with van der Waals surface area (Å²) in [5.74, 6) is 0.768. The average Bonchev–Trinajstić information content (AvgIpc) is 2.53. The Labute approximate surface area is 145 Å². The number of carboxylic acid groups (broad SMARTS) is 1. The fraction of sp³-hybridized carbons (Fsp3) is 0.895. The van der Waals surface area contributed by atoms with Crippen molar-refractivity contribution >= 4 is 11.9 Å². The highest BCUT2D eigenvalue weighted by Gasteiger charge is 2.32. The zero-order chi connectivity index (χ0) is 17.7. The third kappa shape index (κ3) is 5.47. The van der Waals surface area contributed by atoms with E-state index in [1.807, 2.05) is 0 Å². The molecule has 5 heteroatoms. The minimum atomic E-state index is -0.714. The summed E-state index contributed by atoms with van der Waals surface area (Å²) in [6.07, 6.45) is 6.46. The summed E-state index contributed by atoms with van der Waals surface area (Å²) in [6.45, 7) is 6.85. The van der Waals surface area contributed by atoms with E-state index in [9.17, 15) is 9.59 Å². The van der Waals surface area contributed by atoms with Crippen LogP contribution in [0.15, 0.2) is 0 Å². The first-order valence-corrected chi connectivity index (χ1v) is 9.50. The second-order valence-electron chi connectivity index (χ2n) is 8.13. The average molecular weight is 339 g/mol. The maximum Gasteiger partial charge on any atom is 0.306 e. The Morgan fingerprint density at radius 3 is 2.38 bits per heavy atom. The van der Waals surface area contributed by atoms with Gasteiger partial charge in [-0.15, -0.1) is 0 Å². The molecule has 5 nitrogen and oxygen atoms in total. The summed E-state index contributed by atoms with van der Waals surface area (Å²) >= 11 is 0. The van der Waals surface area contributed by atoms with Crippen molar-refractivity contribution in [2.24, 2.45) is 23.7 Å². The molecule has 0 aromatic heterocycles. The van der Waals surface area contributed by atoms with Crippen LogP contribution in [0.1, 0.15) is 65.7 Å². The SMILES string of the molecule is CC1CCC(C(C)C)C(OCC(=O)NC2CCC(C(=O)O)CC2)C1. The number of rotatable bonds is 6. The molecule has 0 saturated heterocycles. The molecule has 2 aliphatic carbocycles. The molecule has 2 rings (SSSR count). The van der Waals surface area contributed by atoms with Gasteiger partial charge >= 0.3 is 5.97 Å². The Balaban J connectivity index is 1.73. The summed E-state index contributed by atoms with van der Waals surface area (Å²) in [7, 11) is 0. The monoisotopic (exact) mass is 339 g/mol. The van der Waals surface area contributed by atoms with E-state index in [1.165, 1.54) is 12.8 Å². The van der Waals surface area contributed by atoms with Gasteiger partial charge in [0.05, 0.1) is 12.0 Å². The predicted octanol–water partition coefficient (Wildman–Crippen LogP) is 3.22. The Morgan fingerprint density at radius 1 is 1.12 bits per heavy atom. The van der Waals surface area contributed by atoms with Gasteiger partial charge in [0.1, 0.15) is 6.61 Å². The number of ether oxygens (including phenoxy) is 1. The maximum absolute atomic E-state index is 12.2. The normalized spacial score (nSPS) is 34.1. The van der Waals surface area contributed by atoms with Crippen LogP contribution in [0.3, 0.4) is 0 Å². The van der Waals surface area contributed by atoms with E-state index in [0.717, 1.165) is 19.3 Å². The van der Waals surface area contributed by atoms with Gasteiger partial charge in [0, 0.05) is 6.04 Å². The fourth-order valence-electron chi connectivity index (χ4n) is 4.24. The van der Waals surface area contributed by atoms with Crippen molar-refractivity contribution in [3.05, 3.63) is 0 Å². The smallest absolute Gasteiger partial charge is 0.306 e. The predicted molar refractivity (Wildman–Crippen MR) is 92.6 cm³/mol. The highest BCUT2D eigenvalue weighted by atomic mass is 16.5. The Bertz CT molecular complexity index is 429. The number of carbonyl (C=O) groups excluding carboxylic acids is 1. The van der Waals surface area contributed by atoms with Gasteiger partial charge < -0.3 is 15.2 Å². The third-order valence-corrected chi connectivity index (χ3v) is 5.83. The van der Waals surface area contributed by atoms with Crippen molar-refractivity contribution in [1.29, 1.82) is 0 Å². The molecule has 24 heavy (non-hydrogen) atoms. The van der Waals surface area contributed by atoms with Crippen LogP contribution in [-0.4, -0.2) is 35.7 Å². The van der Waals surface area contributed by atoms with Crippen LogP contribution in [0.25, 0.3) is 0 Å². The number of carboxylic acids is 1. The summed E-state index contributed by atoms with van der Waals surface area (Å²) in [5.41, 5.74) is 0. The number of aliphatic carboxylic acids is 1. The van der Waals surface area contributed by atoms with Crippen LogP contribution in [0.2, 0.25) is 0 Å². The van der Waals surface area contributed by atoms with Gasteiger partial charge in [-0.05, 0) is 56.3 Å². The molecule has 0 aromatic rings. The van der Waals surface area contributed by atoms with Crippen molar-refractivity contribution in [1.82, 2.24) is 5.32 Å². The fourth-order valence-corrected chi connectivity index (χ4v) is 4.24. The van der Waals surface area contributed by atoms with Crippen molar-refractivity contribution in [2.45, 2.75) is 77.9 Å². The second kappa shape index (κ2) is 8.84. The Kier molecular flexibility index (Phi) is 7.08. The Hall–Kier alpha value is -1.10. The highest BCUT2D eigenvalue weighted by Crippen LogP contribution is 2.35. The quantitative estimate of drug-likeness (QED) is 0.779. The number of hydrogen-bond donors (Lipinski definition) is 2. The Morgan fingerprint density at radius 2 is 1.79 bits per heavy atom. The summed E-state index contributed by atoms with van der Waals surface area (Å²) in [4.78, 5) is 23.1. The van der Waals surface area contributed by atoms with Crippen molar-refractivity contribution in [2.75, 3.05) is 6.61 Å². The molecule has 2 aliphatic rings. The van der Waals surface area contributed by atoms with Gasteiger partial charge in [0.2, 0.25) is 5.91 Å². The number of hydrogen-bond acceptors (Lipinski definition) is 3. The topological polar surface area (TPSA) is 75.6 Å². The first-order valence-electron chi connectivity index (χ1n) is 9.50. The lowest BCUT2D eigenvalue weighted by Gasteiger charge is -2.37. The van der Waals surface area contributed by atoms with Crippen LogP contribution in [0.5, 0.6) is 0 Å². The molecule has 0 radical (unpaired) electrons. The van der Waals surface area contributed by atoms with Gasteiger partial charge in [0.15, 0.2) is 0 Å². The van der Waals surface area contributed by atoms with Gasteiger partial charge in [-0.3, -0.25) is 9.59 Å². The summed E-state index contributed by atoms with van der Waals surface area (Å²) in [5, 5.41) is 12.0. The van der Waals surface area contributed by atoms with E-state index < -0.39 is 5.97 Å².